The first kappa shape index (κ1) is 12.5. The van der Waals surface area contributed by atoms with E-state index < -0.39 is 5.60 Å². The summed E-state index contributed by atoms with van der Waals surface area (Å²) in [6.07, 6.45) is 0. The Balaban J connectivity index is 2.41. The Labute approximate surface area is 109 Å². The van der Waals surface area contributed by atoms with Gasteiger partial charge in [-0.25, -0.2) is 0 Å². The van der Waals surface area contributed by atoms with Crippen molar-refractivity contribution in [2.75, 3.05) is 5.32 Å². The normalized spacial score (nSPS) is 13.9. The Bertz CT molecular complexity index is 535. The Morgan fingerprint density at radius 3 is 2.76 bits per heavy atom. The van der Waals surface area contributed by atoms with Crippen molar-refractivity contribution in [3.05, 3.63) is 17.2 Å². The lowest BCUT2D eigenvalue weighted by Gasteiger charge is -2.28. The summed E-state index contributed by atoms with van der Waals surface area (Å²) in [6.45, 7) is 5.39. The van der Waals surface area contributed by atoms with Crippen LogP contribution in [-0.2, 0) is 0 Å². The Kier molecular flexibility index (Phi) is 3.25. The number of hydrogen-bond acceptors (Lipinski definition) is 5. The molecule has 2 N–H and O–H groups in total. The molecule has 1 aromatic heterocycles. The summed E-state index contributed by atoms with van der Waals surface area (Å²) in [5.41, 5.74) is 1.45. The number of nitrogens with zero attached hydrogens (tertiary/aromatic N) is 2. The van der Waals surface area contributed by atoms with E-state index >= 15 is 0 Å². The third-order valence-corrected chi connectivity index (χ3v) is 3.66. The first-order valence-corrected chi connectivity index (χ1v) is 6.40. The van der Waals surface area contributed by atoms with Gasteiger partial charge in [-0.3, -0.25) is 0 Å². The highest BCUT2D eigenvalue weighted by molar-refractivity contribution is 7.00. The van der Waals surface area contributed by atoms with E-state index in [0.29, 0.717) is 5.02 Å². The highest BCUT2D eigenvalue weighted by atomic mass is 35.5. The van der Waals surface area contributed by atoms with Crippen molar-refractivity contribution in [1.82, 2.24) is 8.75 Å². The second-order valence-electron chi connectivity index (χ2n) is 4.57. The average Bonchev–Trinajstić information content (AvgIpc) is 2.68. The molecular weight excluding hydrogens is 258 g/mol. The zero-order valence-corrected chi connectivity index (χ0v) is 11.4. The zero-order valence-electron chi connectivity index (χ0n) is 9.86. The molecule has 0 radical (unpaired) electrons. The van der Waals surface area contributed by atoms with Crippen LogP contribution in [0.1, 0.15) is 20.8 Å². The van der Waals surface area contributed by atoms with Crippen LogP contribution in [0, 0.1) is 0 Å². The van der Waals surface area contributed by atoms with Gasteiger partial charge in [-0.05, 0) is 32.9 Å². The zero-order chi connectivity index (χ0) is 12.6. The lowest BCUT2D eigenvalue weighted by atomic mass is 10.0. The van der Waals surface area contributed by atoms with Crippen molar-refractivity contribution < 1.29 is 5.11 Å². The van der Waals surface area contributed by atoms with Crippen LogP contribution in [0.5, 0.6) is 0 Å². The molecule has 0 spiro atoms. The van der Waals surface area contributed by atoms with Gasteiger partial charge in [-0.2, -0.15) is 8.75 Å². The molecule has 1 heterocycles. The van der Waals surface area contributed by atoms with Crippen molar-refractivity contribution in [3.63, 3.8) is 0 Å². The van der Waals surface area contributed by atoms with Crippen molar-refractivity contribution in [3.8, 4) is 0 Å². The van der Waals surface area contributed by atoms with Gasteiger partial charge in [0.15, 0.2) is 0 Å². The molecule has 2 aromatic rings. The van der Waals surface area contributed by atoms with Gasteiger partial charge in [0.25, 0.3) is 0 Å². The van der Waals surface area contributed by atoms with Gasteiger partial charge in [-0.15, -0.1) is 0 Å². The van der Waals surface area contributed by atoms with E-state index in [-0.39, 0.29) is 6.04 Å². The number of hydrogen-bond donors (Lipinski definition) is 2. The van der Waals surface area contributed by atoms with E-state index in [1.165, 1.54) is 0 Å². The summed E-state index contributed by atoms with van der Waals surface area (Å²) >= 11 is 7.30. The second-order valence-corrected chi connectivity index (χ2v) is 5.51. The monoisotopic (exact) mass is 271 g/mol. The van der Waals surface area contributed by atoms with E-state index in [2.05, 4.69) is 14.1 Å². The smallest absolute Gasteiger partial charge is 0.129 e. The minimum atomic E-state index is -0.838. The van der Waals surface area contributed by atoms with Crippen LogP contribution in [0.15, 0.2) is 12.1 Å². The fraction of sp³-hybridized carbons (Fsp3) is 0.455. The van der Waals surface area contributed by atoms with Gasteiger partial charge in [0.05, 0.1) is 34.1 Å². The summed E-state index contributed by atoms with van der Waals surface area (Å²) < 4.78 is 8.38. The fourth-order valence-electron chi connectivity index (χ4n) is 1.36. The summed E-state index contributed by atoms with van der Waals surface area (Å²) in [6, 6.07) is 3.47. The molecule has 1 unspecified atom stereocenters. The second kappa shape index (κ2) is 4.40. The largest absolute Gasteiger partial charge is 0.388 e. The van der Waals surface area contributed by atoms with Crippen molar-refractivity contribution in [2.24, 2.45) is 0 Å². The number of benzene rings is 1. The molecule has 2 rings (SSSR count). The number of aromatic nitrogens is 2. The van der Waals surface area contributed by atoms with E-state index in [0.717, 1.165) is 28.4 Å². The van der Waals surface area contributed by atoms with Crippen molar-refractivity contribution in [1.29, 1.82) is 0 Å². The molecule has 17 heavy (non-hydrogen) atoms. The van der Waals surface area contributed by atoms with E-state index in [1.54, 1.807) is 19.9 Å². The predicted molar refractivity (Wildman–Crippen MR) is 71.8 cm³/mol. The number of fused-ring (bicyclic) bond motifs is 1. The minimum absolute atomic E-state index is 0.146. The van der Waals surface area contributed by atoms with Gasteiger partial charge in [0.1, 0.15) is 11.0 Å². The average molecular weight is 272 g/mol. The molecule has 0 fully saturated rings. The first-order valence-electron chi connectivity index (χ1n) is 5.29. The van der Waals surface area contributed by atoms with E-state index in [1.807, 2.05) is 13.0 Å². The molecule has 4 nitrogen and oxygen atoms in total. The molecule has 0 aliphatic heterocycles. The lowest BCUT2D eigenvalue weighted by molar-refractivity contribution is 0.0649. The van der Waals surface area contributed by atoms with Crippen LogP contribution in [0.25, 0.3) is 11.0 Å². The summed E-state index contributed by atoms with van der Waals surface area (Å²) in [7, 11) is 0. The van der Waals surface area contributed by atoms with Gasteiger partial charge in [-0.1, -0.05) is 11.6 Å². The minimum Gasteiger partial charge on any atom is -0.388 e. The number of nitrogens with one attached hydrogen (secondary N) is 1. The maximum absolute atomic E-state index is 9.92. The molecule has 0 saturated carbocycles. The van der Waals surface area contributed by atoms with Crippen LogP contribution in [0.3, 0.4) is 0 Å². The maximum Gasteiger partial charge on any atom is 0.129 e. The quantitative estimate of drug-likeness (QED) is 0.901. The third kappa shape index (κ3) is 2.51. The van der Waals surface area contributed by atoms with Gasteiger partial charge >= 0.3 is 0 Å². The van der Waals surface area contributed by atoms with Crippen molar-refractivity contribution >= 4 is 40.0 Å². The molecule has 6 heteroatoms. The lowest BCUT2D eigenvalue weighted by Crippen LogP contribution is -2.39. The first-order chi connectivity index (χ1) is 7.89. The topological polar surface area (TPSA) is 58.0 Å². The summed E-state index contributed by atoms with van der Waals surface area (Å²) in [5, 5.41) is 13.7. The van der Waals surface area contributed by atoms with Crippen LogP contribution >= 0.6 is 23.3 Å². The molecular formula is C11H14ClN3OS. The highest BCUT2D eigenvalue weighted by Gasteiger charge is 2.24. The third-order valence-electron chi connectivity index (χ3n) is 2.80. The molecule has 1 atom stereocenters. The summed E-state index contributed by atoms with van der Waals surface area (Å²) in [5.74, 6) is 0. The highest BCUT2D eigenvalue weighted by Crippen LogP contribution is 2.31. The molecule has 0 saturated heterocycles. The summed E-state index contributed by atoms with van der Waals surface area (Å²) in [4.78, 5) is 0. The molecule has 0 bridgehead atoms. The van der Waals surface area contributed by atoms with Gasteiger partial charge in [0.2, 0.25) is 0 Å². The maximum atomic E-state index is 9.92. The number of anilines is 1. The van der Waals surface area contributed by atoms with E-state index in [4.69, 9.17) is 11.6 Å². The van der Waals surface area contributed by atoms with Crippen LogP contribution in [0.2, 0.25) is 5.02 Å². The standard InChI is InChI=1S/C11H14ClN3OS/c1-6(11(2,3)16)13-9-7(12)4-5-8-10(9)15-17-14-8/h4-6,13,16H,1-3H3. The predicted octanol–water partition coefficient (Wildman–Crippen LogP) is 2.92. The molecule has 0 aliphatic rings. The van der Waals surface area contributed by atoms with Crippen LogP contribution < -0.4 is 5.32 Å². The van der Waals surface area contributed by atoms with Gasteiger partial charge in [0, 0.05) is 0 Å². The number of rotatable bonds is 3. The van der Waals surface area contributed by atoms with E-state index in [9.17, 15) is 5.11 Å². The number of aliphatic hydroxyl groups is 1. The molecule has 1 aromatic carbocycles. The fourth-order valence-corrected chi connectivity index (χ4v) is 2.11. The van der Waals surface area contributed by atoms with Crippen LogP contribution in [-0.4, -0.2) is 25.5 Å². The van der Waals surface area contributed by atoms with Crippen LogP contribution in [0.4, 0.5) is 5.69 Å². The number of halogens is 1. The SMILES string of the molecule is CC(Nc1c(Cl)ccc2nsnc12)C(C)(C)O. The van der Waals surface area contributed by atoms with Crippen molar-refractivity contribution in [2.45, 2.75) is 32.4 Å². The Morgan fingerprint density at radius 1 is 1.41 bits per heavy atom. The molecule has 92 valence electrons. The Hall–Kier alpha value is -0.910. The Morgan fingerprint density at radius 2 is 2.12 bits per heavy atom. The molecule has 0 amide bonds. The molecule has 0 aliphatic carbocycles. The van der Waals surface area contributed by atoms with Gasteiger partial charge < -0.3 is 10.4 Å².